The molecule has 1 aliphatic heterocycles. The summed E-state index contributed by atoms with van der Waals surface area (Å²) in [5.74, 6) is -1.41. The van der Waals surface area contributed by atoms with Crippen LogP contribution in [0.4, 0.5) is 0 Å². The van der Waals surface area contributed by atoms with Crippen molar-refractivity contribution in [1.29, 1.82) is 0 Å². The summed E-state index contributed by atoms with van der Waals surface area (Å²) < 4.78 is 19.9. The third-order valence-corrected chi connectivity index (χ3v) is 3.92. The standard InChI is InChI=1S/C12H14O8S/c1-17-11(15)9-7-8(10(21-9)12(16)18-2)20-4-6(14)5(13)3-19-7/h5-6,13-14H,3-4H2,1-2H3. The second-order valence-corrected chi connectivity index (χ2v) is 5.18. The van der Waals surface area contributed by atoms with Crippen molar-refractivity contribution in [3.63, 3.8) is 0 Å². The number of rotatable bonds is 2. The van der Waals surface area contributed by atoms with E-state index in [-0.39, 0.29) is 34.5 Å². The van der Waals surface area contributed by atoms with Crippen molar-refractivity contribution in [2.75, 3.05) is 27.4 Å². The Morgan fingerprint density at radius 2 is 1.38 bits per heavy atom. The van der Waals surface area contributed by atoms with Crippen molar-refractivity contribution in [3.05, 3.63) is 9.75 Å². The van der Waals surface area contributed by atoms with Gasteiger partial charge in [0.2, 0.25) is 0 Å². The van der Waals surface area contributed by atoms with Crippen LogP contribution in [-0.2, 0) is 9.47 Å². The molecular formula is C12H14O8S. The molecule has 116 valence electrons. The zero-order valence-electron chi connectivity index (χ0n) is 11.3. The minimum Gasteiger partial charge on any atom is -0.485 e. The largest absolute Gasteiger partial charge is 0.485 e. The molecule has 0 bridgehead atoms. The second kappa shape index (κ2) is 6.29. The molecule has 1 aromatic heterocycles. The van der Waals surface area contributed by atoms with Crippen LogP contribution >= 0.6 is 11.3 Å². The molecule has 0 saturated heterocycles. The summed E-state index contributed by atoms with van der Waals surface area (Å²) in [5.41, 5.74) is 0. The van der Waals surface area contributed by atoms with Crippen LogP contribution in [-0.4, -0.2) is 61.8 Å². The molecule has 2 heterocycles. The number of carbonyl (C=O) groups excluding carboxylic acids is 2. The summed E-state index contributed by atoms with van der Waals surface area (Å²) in [6.07, 6.45) is -2.35. The Morgan fingerprint density at radius 3 is 1.71 bits per heavy atom. The van der Waals surface area contributed by atoms with Crippen molar-refractivity contribution in [3.8, 4) is 11.5 Å². The van der Waals surface area contributed by atoms with Gasteiger partial charge in [-0.15, -0.1) is 11.3 Å². The first-order valence-electron chi connectivity index (χ1n) is 5.94. The summed E-state index contributed by atoms with van der Waals surface area (Å²) >= 11 is 0.799. The molecule has 0 amide bonds. The van der Waals surface area contributed by atoms with Crippen LogP contribution in [0.2, 0.25) is 0 Å². The first-order chi connectivity index (χ1) is 9.99. The van der Waals surface area contributed by atoms with Gasteiger partial charge in [0.05, 0.1) is 14.2 Å². The fourth-order valence-corrected chi connectivity index (χ4v) is 2.70. The molecule has 21 heavy (non-hydrogen) atoms. The molecule has 0 spiro atoms. The van der Waals surface area contributed by atoms with Gasteiger partial charge in [-0.2, -0.15) is 0 Å². The maximum atomic E-state index is 11.7. The van der Waals surface area contributed by atoms with E-state index in [0.717, 1.165) is 11.3 Å². The third-order valence-electron chi connectivity index (χ3n) is 2.81. The molecule has 0 aromatic carbocycles. The van der Waals surface area contributed by atoms with E-state index in [1.807, 2.05) is 0 Å². The summed E-state index contributed by atoms with van der Waals surface area (Å²) in [7, 11) is 2.38. The van der Waals surface area contributed by atoms with Crippen molar-refractivity contribution >= 4 is 23.3 Å². The van der Waals surface area contributed by atoms with Gasteiger partial charge in [-0.05, 0) is 0 Å². The number of esters is 2. The van der Waals surface area contributed by atoms with Crippen LogP contribution in [0, 0.1) is 0 Å². The quantitative estimate of drug-likeness (QED) is 0.722. The first kappa shape index (κ1) is 15.5. The summed E-state index contributed by atoms with van der Waals surface area (Å²) in [6.45, 7) is -0.502. The number of methoxy groups -OCH3 is 2. The highest BCUT2D eigenvalue weighted by molar-refractivity contribution is 7.16. The number of ether oxygens (including phenoxy) is 4. The van der Waals surface area contributed by atoms with Gasteiger partial charge in [0.25, 0.3) is 0 Å². The first-order valence-corrected chi connectivity index (χ1v) is 6.76. The van der Waals surface area contributed by atoms with Crippen LogP contribution in [0.1, 0.15) is 19.3 Å². The van der Waals surface area contributed by atoms with Crippen molar-refractivity contribution in [1.82, 2.24) is 0 Å². The number of aliphatic hydroxyl groups is 2. The molecule has 2 unspecified atom stereocenters. The Balaban J connectivity index is 2.49. The maximum Gasteiger partial charge on any atom is 0.352 e. The zero-order valence-corrected chi connectivity index (χ0v) is 12.1. The van der Waals surface area contributed by atoms with Crippen LogP contribution in [0.3, 0.4) is 0 Å². The van der Waals surface area contributed by atoms with Crippen molar-refractivity contribution < 1.29 is 38.7 Å². The van der Waals surface area contributed by atoms with Gasteiger partial charge in [-0.1, -0.05) is 0 Å². The molecule has 0 saturated carbocycles. The molecule has 1 aromatic rings. The van der Waals surface area contributed by atoms with E-state index < -0.39 is 24.1 Å². The predicted octanol–water partition coefficient (Wildman–Crippen LogP) is -0.186. The summed E-state index contributed by atoms with van der Waals surface area (Å²) in [4.78, 5) is 23.5. The molecule has 2 atom stereocenters. The fourth-order valence-electron chi connectivity index (χ4n) is 1.68. The van der Waals surface area contributed by atoms with Gasteiger partial charge >= 0.3 is 11.9 Å². The number of hydrogen-bond donors (Lipinski definition) is 2. The average Bonchev–Trinajstić information content (AvgIpc) is 2.85. The maximum absolute atomic E-state index is 11.7. The van der Waals surface area contributed by atoms with Gasteiger partial charge in [0.1, 0.15) is 25.4 Å². The smallest absolute Gasteiger partial charge is 0.352 e. The Kier molecular flexibility index (Phi) is 4.66. The van der Waals surface area contributed by atoms with Gasteiger partial charge in [-0.25, -0.2) is 9.59 Å². The minimum atomic E-state index is -1.18. The van der Waals surface area contributed by atoms with Gasteiger partial charge in [-0.3, -0.25) is 0 Å². The normalized spacial score (nSPS) is 21.1. The summed E-state index contributed by atoms with van der Waals surface area (Å²) in [6, 6.07) is 0. The molecule has 9 heteroatoms. The average molecular weight is 318 g/mol. The SMILES string of the molecule is COC(=O)c1sc(C(=O)OC)c2c1OCC(O)C(O)CO2. The van der Waals surface area contributed by atoms with Crippen LogP contribution in [0.15, 0.2) is 0 Å². The van der Waals surface area contributed by atoms with E-state index in [0.29, 0.717) is 0 Å². The fraction of sp³-hybridized carbons (Fsp3) is 0.500. The lowest BCUT2D eigenvalue weighted by Crippen LogP contribution is -2.37. The van der Waals surface area contributed by atoms with E-state index >= 15 is 0 Å². The molecule has 1 aliphatic rings. The van der Waals surface area contributed by atoms with E-state index in [4.69, 9.17) is 9.47 Å². The molecule has 0 radical (unpaired) electrons. The minimum absolute atomic E-state index is 0.00167. The molecule has 2 rings (SSSR count). The highest BCUT2D eigenvalue weighted by Gasteiger charge is 2.33. The van der Waals surface area contributed by atoms with Crippen LogP contribution in [0.5, 0.6) is 11.5 Å². The van der Waals surface area contributed by atoms with E-state index in [1.54, 1.807) is 0 Å². The molecule has 0 fully saturated rings. The summed E-state index contributed by atoms with van der Waals surface area (Å²) in [5, 5.41) is 19.2. The third kappa shape index (κ3) is 2.94. The Bertz CT molecular complexity index is 505. The molecular weight excluding hydrogens is 304 g/mol. The zero-order chi connectivity index (χ0) is 15.6. The Morgan fingerprint density at radius 1 is 1.00 bits per heavy atom. The van der Waals surface area contributed by atoms with Crippen LogP contribution in [0.25, 0.3) is 0 Å². The lowest BCUT2D eigenvalue weighted by atomic mass is 10.2. The number of aliphatic hydroxyl groups excluding tert-OH is 2. The second-order valence-electron chi connectivity index (χ2n) is 4.16. The van der Waals surface area contributed by atoms with E-state index in [1.165, 1.54) is 14.2 Å². The van der Waals surface area contributed by atoms with E-state index in [9.17, 15) is 19.8 Å². The number of fused-ring (bicyclic) bond motifs is 1. The Hall–Kier alpha value is -1.84. The van der Waals surface area contributed by atoms with Gasteiger partial charge in [0.15, 0.2) is 21.3 Å². The number of carbonyl (C=O) groups is 2. The lowest BCUT2D eigenvalue weighted by molar-refractivity contribution is -0.0375. The monoisotopic (exact) mass is 318 g/mol. The lowest BCUT2D eigenvalue weighted by Gasteiger charge is -2.22. The molecule has 2 N–H and O–H groups in total. The van der Waals surface area contributed by atoms with Crippen molar-refractivity contribution in [2.45, 2.75) is 12.2 Å². The van der Waals surface area contributed by atoms with E-state index in [2.05, 4.69) is 9.47 Å². The number of thiophene rings is 1. The highest BCUT2D eigenvalue weighted by Crippen LogP contribution is 2.44. The Labute approximate surface area is 123 Å². The number of hydrogen-bond acceptors (Lipinski definition) is 9. The van der Waals surface area contributed by atoms with Crippen LogP contribution < -0.4 is 9.47 Å². The molecule has 0 aliphatic carbocycles. The van der Waals surface area contributed by atoms with Gasteiger partial charge in [0, 0.05) is 0 Å². The van der Waals surface area contributed by atoms with Gasteiger partial charge < -0.3 is 29.2 Å². The predicted molar refractivity (Wildman–Crippen MR) is 70.0 cm³/mol. The molecule has 8 nitrogen and oxygen atoms in total. The van der Waals surface area contributed by atoms with Crippen molar-refractivity contribution in [2.24, 2.45) is 0 Å². The highest BCUT2D eigenvalue weighted by atomic mass is 32.1. The topological polar surface area (TPSA) is 112 Å².